The Morgan fingerprint density at radius 2 is 1.82 bits per heavy atom. The van der Waals surface area contributed by atoms with Crippen molar-refractivity contribution in [2.24, 2.45) is 0 Å². The normalized spacial score (nSPS) is 34.4. The molecule has 0 saturated carbocycles. The van der Waals surface area contributed by atoms with Crippen LogP contribution in [0.15, 0.2) is 0 Å². The van der Waals surface area contributed by atoms with Gasteiger partial charge in [-0.1, -0.05) is 6.42 Å². The van der Waals surface area contributed by atoms with Crippen molar-refractivity contribution in [1.82, 2.24) is 10.2 Å². The molecule has 2 aliphatic heterocycles. The van der Waals surface area contributed by atoms with Crippen LogP contribution in [0.3, 0.4) is 0 Å². The van der Waals surface area contributed by atoms with E-state index in [0.717, 1.165) is 6.17 Å². The van der Waals surface area contributed by atoms with Crippen LogP contribution >= 0.6 is 0 Å². The maximum absolute atomic E-state index is 3.55. The molecule has 2 heterocycles. The third kappa shape index (κ3) is 1.74. The minimum atomic E-state index is 0.732. The van der Waals surface area contributed by atoms with Crippen molar-refractivity contribution in [2.75, 3.05) is 19.6 Å². The Morgan fingerprint density at radius 3 is 2.45 bits per heavy atom. The molecular formula is C9H18N2. The average molecular weight is 154 g/mol. The van der Waals surface area contributed by atoms with Crippen LogP contribution in [0.4, 0.5) is 0 Å². The first-order valence-electron chi connectivity index (χ1n) is 4.94. The van der Waals surface area contributed by atoms with Crippen molar-refractivity contribution in [2.45, 2.75) is 38.3 Å². The van der Waals surface area contributed by atoms with E-state index in [2.05, 4.69) is 10.2 Å². The Bertz CT molecular complexity index is 113. The van der Waals surface area contributed by atoms with Crippen molar-refractivity contribution in [3.05, 3.63) is 0 Å². The van der Waals surface area contributed by atoms with E-state index in [1.165, 1.54) is 51.7 Å². The minimum absolute atomic E-state index is 0.732. The molecule has 1 unspecified atom stereocenters. The molecule has 2 rings (SSSR count). The van der Waals surface area contributed by atoms with Gasteiger partial charge in [-0.3, -0.25) is 4.90 Å². The first-order valence-corrected chi connectivity index (χ1v) is 4.94. The summed E-state index contributed by atoms with van der Waals surface area (Å²) >= 11 is 0. The highest BCUT2D eigenvalue weighted by atomic mass is 15.3. The second-order valence-corrected chi connectivity index (χ2v) is 3.71. The zero-order chi connectivity index (χ0) is 7.52. The molecule has 1 atom stereocenters. The fraction of sp³-hybridized carbons (Fsp3) is 1.00. The molecule has 2 aliphatic rings. The van der Waals surface area contributed by atoms with Crippen LogP contribution in [0.1, 0.15) is 32.1 Å². The van der Waals surface area contributed by atoms with Crippen molar-refractivity contribution in [3.63, 3.8) is 0 Å². The molecular weight excluding hydrogens is 136 g/mol. The highest BCUT2D eigenvalue weighted by Gasteiger charge is 2.22. The largest absolute Gasteiger partial charge is 0.302 e. The SMILES string of the molecule is C1CCN(C2CCCN2)CC1. The van der Waals surface area contributed by atoms with Gasteiger partial charge in [0.25, 0.3) is 0 Å². The maximum atomic E-state index is 3.55. The molecule has 0 aliphatic carbocycles. The van der Waals surface area contributed by atoms with Crippen LogP contribution in [-0.4, -0.2) is 30.7 Å². The summed E-state index contributed by atoms with van der Waals surface area (Å²) in [7, 11) is 0. The lowest BCUT2D eigenvalue weighted by atomic mass is 10.1. The Kier molecular flexibility index (Phi) is 2.44. The molecule has 2 nitrogen and oxygen atoms in total. The van der Waals surface area contributed by atoms with Crippen LogP contribution in [0, 0.1) is 0 Å². The zero-order valence-electron chi connectivity index (χ0n) is 7.18. The van der Waals surface area contributed by atoms with E-state index in [-0.39, 0.29) is 0 Å². The van der Waals surface area contributed by atoms with Gasteiger partial charge in [0.15, 0.2) is 0 Å². The number of nitrogens with zero attached hydrogens (tertiary/aromatic N) is 1. The maximum Gasteiger partial charge on any atom is 0.0597 e. The van der Waals surface area contributed by atoms with Crippen LogP contribution in [0.5, 0.6) is 0 Å². The highest BCUT2D eigenvalue weighted by molar-refractivity contribution is 4.77. The lowest BCUT2D eigenvalue weighted by Crippen LogP contribution is -2.44. The molecule has 64 valence electrons. The summed E-state index contributed by atoms with van der Waals surface area (Å²) in [5.41, 5.74) is 0. The minimum Gasteiger partial charge on any atom is -0.302 e. The summed E-state index contributed by atoms with van der Waals surface area (Å²) < 4.78 is 0. The Balaban J connectivity index is 1.82. The summed E-state index contributed by atoms with van der Waals surface area (Å²) in [6, 6.07) is 0. The lowest BCUT2D eigenvalue weighted by molar-refractivity contribution is 0.151. The van der Waals surface area contributed by atoms with Crippen molar-refractivity contribution < 1.29 is 0 Å². The molecule has 1 N–H and O–H groups in total. The molecule has 2 heteroatoms. The first kappa shape index (κ1) is 7.56. The molecule has 2 saturated heterocycles. The van der Waals surface area contributed by atoms with Crippen LogP contribution in [0.2, 0.25) is 0 Å². The van der Waals surface area contributed by atoms with Crippen molar-refractivity contribution in [3.8, 4) is 0 Å². The molecule has 0 amide bonds. The Hall–Kier alpha value is -0.0800. The van der Waals surface area contributed by atoms with Crippen molar-refractivity contribution in [1.29, 1.82) is 0 Å². The lowest BCUT2D eigenvalue weighted by Gasteiger charge is -2.32. The van der Waals surface area contributed by atoms with E-state index in [1.807, 2.05) is 0 Å². The van der Waals surface area contributed by atoms with Gasteiger partial charge in [0.1, 0.15) is 0 Å². The van der Waals surface area contributed by atoms with E-state index in [4.69, 9.17) is 0 Å². The number of piperidine rings is 1. The average Bonchev–Trinajstić information content (AvgIpc) is 2.58. The summed E-state index contributed by atoms with van der Waals surface area (Å²) in [6.07, 6.45) is 7.76. The Labute approximate surface area is 69.0 Å². The first-order chi connectivity index (χ1) is 5.47. The van der Waals surface area contributed by atoms with Crippen LogP contribution in [0.25, 0.3) is 0 Å². The van der Waals surface area contributed by atoms with Gasteiger partial charge in [0.05, 0.1) is 6.17 Å². The second-order valence-electron chi connectivity index (χ2n) is 3.71. The fourth-order valence-corrected chi connectivity index (χ4v) is 2.21. The van der Waals surface area contributed by atoms with Gasteiger partial charge in [-0.05, 0) is 45.3 Å². The third-order valence-corrected chi connectivity index (χ3v) is 2.87. The van der Waals surface area contributed by atoms with Gasteiger partial charge in [-0.2, -0.15) is 0 Å². The smallest absolute Gasteiger partial charge is 0.0597 e. The second kappa shape index (κ2) is 3.55. The quantitative estimate of drug-likeness (QED) is 0.610. The van der Waals surface area contributed by atoms with Gasteiger partial charge in [0, 0.05) is 0 Å². The van der Waals surface area contributed by atoms with E-state index < -0.39 is 0 Å². The summed E-state index contributed by atoms with van der Waals surface area (Å²) in [5, 5.41) is 3.55. The van der Waals surface area contributed by atoms with E-state index in [9.17, 15) is 0 Å². The number of rotatable bonds is 1. The predicted molar refractivity (Wildman–Crippen MR) is 46.4 cm³/mol. The fourth-order valence-electron chi connectivity index (χ4n) is 2.21. The predicted octanol–water partition coefficient (Wildman–Crippen LogP) is 1.18. The summed E-state index contributed by atoms with van der Waals surface area (Å²) in [4.78, 5) is 2.62. The van der Waals surface area contributed by atoms with E-state index in [0.29, 0.717) is 0 Å². The number of hydrogen-bond donors (Lipinski definition) is 1. The highest BCUT2D eigenvalue weighted by Crippen LogP contribution is 2.16. The zero-order valence-corrected chi connectivity index (χ0v) is 7.18. The molecule has 0 spiro atoms. The van der Waals surface area contributed by atoms with Crippen LogP contribution < -0.4 is 5.32 Å². The molecule has 0 radical (unpaired) electrons. The van der Waals surface area contributed by atoms with Crippen molar-refractivity contribution >= 4 is 0 Å². The molecule has 11 heavy (non-hydrogen) atoms. The molecule has 0 aromatic carbocycles. The van der Waals surface area contributed by atoms with Gasteiger partial charge in [0.2, 0.25) is 0 Å². The summed E-state index contributed by atoms with van der Waals surface area (Å²) in [6.45, 7) is 3.90. The third-order valence-electron chi connectivity index (χ3n) is 2.87. The molecule has 0 aromatic heterocycles. The standard InChI is InChI=1S/C9H18N2/c1-2-7-11(8-3-1)9-5-4-6-10-9/h9-10H,1-8H2. The van der Waals surface area contributed by atoms with E-state index >= 15 is 0 Å². The Morgan fingerprint density at radius 1 is 1.00 bits per heavy atom. The van der Waals surface area contributed by atoms with Crippen LogP contribution in [-0.2, 0) is 0 Å². The van der Waals surface area contributed by atoms with Gasteiger partial charge in [-0.25, -0.2) is 0 Å². The van der Waals surface area contributed by atoms with Gasteiger partial charge < -0.3 is 5.32 Å². The molecule has 0 bridgehead atoms. The van der Waals surface area contributed by atoms with E-state index in [1.54, 1.807) is 0 Å². The number of nitrogens with one attached hydrogen (secondary N) is 1. The van der Waals surface area contributed by atoms with Gasteiger partial charge >= 0.3 is 0 Å². The molecule has 0 aromatic rings. The number of hydrogen-bond acceptors (Lipinski definition) is 2. The topological polar surface area (TPSA) is 15.3 Å². The summed E-state index contributed by atoms with van der Waals surface area (Å²) in [5.74, 6) is 0. The monoisotopic (exact) mass is 154 g/mol. The number of likely N-dealkylation sites (tertiary alicyclic amines) is 1. The van der Waals surface area contributed by atoms with Gasteiger partial charge in [-0.15, -0.1) is 0 Å². The molecule has 2 fully saturated rings.